The molecule has 2 heterocycles. The van der Waals surface area contributed by atoms with Crippen LogP contribution in [0.25, 0.3) is 16.7 Å². The number of amides is 1. The second kappa shape index (κ2) is 10.6. The predicted molar refractivity (Wildman–Crippen MR) is 159 cm³/mol. The van der Waals surface area contributed by atoms with E-state index in [0.717, 1.165) is 11.1 Å². The Morgan fingerprint density at radius 3 is 2.21 bits per heavy atom. The van der Waals surface area contributed by atoms with Gasteiger partial charge in [-0.25, -0.2) is 8.42 Å². The van der Waals surface area contributed by atoms with Gasteiger partial charge in [-0.15, -0.1) is 15.0 Å². The van der Waals surface area contributed by atoms with Crippen LogP contribution in [0.4, 0.5) is 5.69 Å². The number of benzene rings is 4. The van der Waals surface area contributed by atoms with E-state index in [1.54, 1.807) is 32.0 Å². The summed E-state index contributed by atoms with van der Waals surface area (Å²) >= 11 is 0. The van der Waals surface area contributed by atoms with Crippen LogP contribution in [-0.4, -0.2) is 46.7 Å². The molecular weight excluding hydrogens is 554 g/mol. The third-order valence-electron chi connectivity index (χ3n) is 7.05. The zero-order valence-electron chi connectivity index (χ0n) is 23.6. The summed E-state index contributed by atoms with van der Waals surface area (Å²) < 4.78 is 41.7. The summed E-state index contributed by atoms with van der Waals surface area (Å²) in [6, 6.07) is 21.1. The van der Waals surface area contributed by atoms with Gasteiger partial charge in [0, 0.05) is 19.2 Å². The van der Waals surface area contributed by atoms with Crippen molar-refractivity contribution in [1.29, 1.82) is 0 Å². The van der Waals surface area contributed by atoms with Gasteiger partial charge in [-0.05, 0) is 67.4 Å². The Labute approximate surface area is 243 Å². The molecule has 42 heavy (non-hydrogen) atoms. The van der Waals surface area contributed by atoms with Gasteiger partial charge in [0.05, 0.1) is 11.3 Å². The van der Waals surface area contributed by atoms with Crippen molar-refractivity contribution in [3.63, 3.8) is 0 Å². The summed E-state index contributed by atoms with van der Waals surface area (Å²) in [6.45, 7) is 7.82. The Kier molecular flexibility index (Phi) is 6.91. The van der Waals surface area contributed by atoms with Crippen molar-refractivity contribution >= 4 is 32.7 Å². The van der Waals surface area contributed by atoms with E-state index in [1.807, 2.05) is 56.3 Å². The number of fused-ring (bicyclic) bond motifs is 3. The minimum absolute atomic E-state index is 0.00539. The van der Waals surface area contributed by atoms with Gasteiger partial charge in [0.1, 0.15) is 27.4 Å². The number of hydrogen-bond donors (Lipinski definition) is 1. The Hall–Kier alpha value is -4.74. The summed E-state index contributed by atoms with van der Waals surface area (Å²) in [7, 11) is -4.07. The molecule has 0 aliphatic carbocycles. The lowest BCUT2D eigenvalue weighted by molar-refractivity contribution is 0.102. The number of hydrogen-bond acceptors (Lipinski definition) is 7. The molecular formula is C31H29N5O5S. The van der Waals surface area contributed by atoms with Crippen molar-refractivity contribution in [2.24, 2.45) is 0 Å². The van der Waals surface area contributed by atoms with Crippen molar-refractivity contribution < 1.29 is 22.7 Å². The SMILES string of the molecule is CCN(CC)S(=O)(=O)c1cc2c(cc1Oc1ccc(C)cc1-n1nc3ccccc3n1)Oc1ccc(C)cc1NC2=O. The summed E-state index contributed by atoms with van der Waals surface area (Å²) in [5.41, 5.74) is 4.36. The molecule has 0 fully saturated rings. The molecule has 0 bridgehead atoms. The van der Waals surface area contributed by atoms with E-state index in [4.69, 9.17) is 9.47 Å². The molecule has 0 saturated carbocycles. The van der Waals surface area contributed by atoms with Gasteiger partial charge in [0.2, 0.25) is 10.0 Å². The highest BCUT2D eigenvalue weighted by Crippen LogP contribution is 2.43. The maximum atomic E-state index is 13.9. The molecule has 0 spiro atoms. The van der Waals surface area contributed by atoms with Crippen LogP contribution in [0.5, 0.6) is 23.0 Å². The molecule has 1 aromatic heterocycles. The Bertz CT molecular complexity index is 1930. The molecule has 214 valence electrons. The third kappa shape index (κ3) is 4.86. The zero-order valence-corrected chi connectivity index (χ0v) is 24.4. The minimum atomic E-state index is -4.07. The number of nitrogens with one attached hydrogen (secondary N) is 1. The second-order valence-corrected chi connectivity index (χ2v) is 11.9. The molecule has 1 N–H and O–H groups in total. The first-order valence-corrected chi connectivity index (χ1v) is 15.0. The number of aromatic nitrogens is 3. The molecule has 11 heteroatoms. The molecule has 1 aliphatic rings. The Morgan fingerprint density at radius 1 is 0.857 bits per heavy atom. The fourth-order valence-corrected chi connectivity index (χ4v) is 6.46. The number of carbonyl (C=O) groups excluding carboxylic acids is 1. The topological polar surface area (TPSA) is 116 Å². The van der Waals surface area contributed by atoms with Crippen LogP contribution in [0.2, 0.25) is 0 Å². The maximum absolute atomic E-state index is 13.9. The first-order chi connectivity index (χ1) is 20.2. The van der Waals surface area contributed by atoms with E-state index < -0.39 is 15.9 Å². The first-order valence-electron chi connectivity index (χ1n) is 13.6. The van der Waals surface area contributed by atoms with E-state index >= 15 is 0 Å². The summed E-state index contributed by atoms with van der Waals surface area (Å²) in [5.74, 6) is 0.443. The fourth-order valence-electron chi connectivity index (χ4n) is 4.88. The lowest BCUT2D eigenvalue weighted by Crippen LogP contribution is -2.31. The van der Waals surface area contributed by atoms with Crippen molar-refractivity contribution in [1.82, 2.24) is 19.3 Å². The molecule has 10 nitrogen and oxygen atoms in total. The number of carbonyl (C=O) groups is 1. The molecule has 0 saturated heterocycles. The molecule has 1 aliphatic heterocycles. The highest BCUT2D eigenvalue weighted by atomic mass is 32.2. The number of sulfonamides is 1. The lowest BCUT2D eigenvalue weighted by Gasteiger charge is -2.22. The quantitative estimate of drug-likeness (QED) is 0.242. The molecule has 5 aromatic rings. The average Bonchev–Trinajstić information content (AvgIpc) is 3.34. The number of ether oxygens (including phenoxy) is 2. The third-order valence-corrected chi connectivity index (χ3v) is 9.12. The van der Waals surface area contributed by atoms with Crippen LogP contribution >= 0.6 is 0 Å². The highest BCUT2D eigenvalue weighted by Gasteiger charge is 2.32. The lowest BCUT2D eigenvalue weighted by atomic mass is 10.1. The Balaban J connectivity index is 1.53. The fraction of sp³-hybridized carbons (Fsp3) is 0.194. The van der Waals surface area contributed by atoms with Crippen LogP contribution in [0, 0.1) is 13.8 Å². The van der Waals surface area contributed by atoms with Gasteiger partial charge >= 0.3 is 0 Å². The average molecular weight is 584 g/mol. The number of aryl methyl sites for hydroxylation is 2. The predicted octanol–water partition coefficient (Wildman–Crippen LogP) is 6.22. The van der Waals surface area contributed by atoms with Crippen molar-refractivity contribution in [3.05, 3.63) is 89.5 Å². The molecule has 0 atom stereocenters. The van der Waals surface area contributed by atoms with E-state index in [9.17, 15) is 13.2 Å². The van der Waals surface area contributed by atoms with E-state index in [1.165, 1.54) is 21.2 Å². The van der Waals surface area contributed by atoms with E-state index in [0.29, 0.717) is 33.9 Å². The highest BCUT2D eigenvalue weighted by molar-refractivity contribution is 7.89. The summed E-state index contributed by atoms with van der Waals surface area (Å²) in [6.07, 6.45) is 0. The largest absolute Gasteiger partial charge is 0.454 e. The van der Waals surface area contributed by atoms with E-state index in [2.05, 4.69) is 15.5 Å². The standard InChI is InChI=1S/C31H29N5O5S/c1-5-35(6-2)42(38,39)30-17-21-28(40-26-13-11-19(3)15-24(26)32-31(21)37)18-29(30)41-27-14-12-20(4)16-25(27)36-33-22-9-7-8-10-23(22)34-36/h7-18H,5-6H2,1-4H3,(H,32,37). The van der Waals surface area contributed by atoms with Gasteiger partial charge in [0.15, 0.2) is 17.2 Å². The normalized spacial score (nSPS) is 12.8. The Morgan fingerprint density at radius 2 is 1.52 bits per heavy atom. The second-order valence-electron chi connectivity index (χ2n) is 9.99. The molecule has 4 aromatic carbocycles. The number of rotatable bonds is 7. The molecule has 6 rings (SSSR count). The minimum Gasteiger partial charge on any atom is -0.454 e. The zero-order chi connectivity index (χ0) is 29.6. The van der Waals surface area contributed by atoms with Crippen molar-refractivity contribution in [2.75, 3.05) is 18.4 Å². The summed E-state index contributed by atoms with van der Waals surface area (Å²) in [4.78, 5) is 14.7. The van der Waals surface area contributed by atoms with Crippen LogP contribution in [0.1, 0.15) is 35.3 Å². The molecule has 0 radical (unpaired) electrons. The van der Waals surface area contributed by atoms with Gasteiger partial charge < -0.3 is 14.8 Å². The van der Waals surface area contributed by atoms with Crippen LogP contribution in [-0.2, 0) is 10.0 Å². The monoisotopic (exact) mass is 583 g/mol. The smallest absolute Gasteiger partial charge is 0.259 e. The van der Waals surface area contributed by atoms with Crippen molar-refractivity contribution in [2.45, 2.75) is 32.6 Å². The van der Waals surface area contributed by atoms with E-state index in [-0.39, 0.29) is 35.0 Å². The van der Waals surface area contributed by atoms with Gasteiger partial charge in [-0.2, -0.15) is 4.31 Å². The first kappa shape index (κ1) is 27.4. The van der Waals surface area contributed by atoms with Gasteiger partial charge in [-0.3, -0.25) is 4.79 Å². The van der Waals surface area contributed by atoms with Crippen LogP contribution in [0.15, 0.2) is 77.7 Å². The maximum Gasteiger partial charge on any atom is 0.259 e. The summed E-state index contributed by atoms with van der Waals surface area (Å²) in [5, 5.41) is 12.0. The molecule has 0 unspecified atom stereocenters. The van der Waals surface area contributed by atoms with Crippen LogP contribution < -0.4 is 14.8 Å². The molecule has 1 amide bonds. The van der Waals surface area contributed by atoms with Crippen LogP contribution in [0.3, 0.4) is 0 Å². The number of anilines is 1. The van der Waals surface area contributed by atoms with Crippen molar-refractivity contribution in [3.8, 4) is 28.7 Å². The van der Waals surface area contributed by atoms with Gasteiger partial charge in [0.25, 0.3) is 5.91 Å². The van der Waals surface area contributed by atoms with Gasteiger partial charge in [-0.1, -0.05) is 38.1 Å². The number of nitrogens with zero attached hydrogens (tertiary/aromatic N) is 4.